The minimum absolute atomic E-state index is 0.0953. The zero-order chi connectivity index (χ0) is 26.1. The van der Waals surface area contributed by atoms with Crippen molar-refractivity contribution in [2.24, 2.45) is 0 Å². The molecule has 0 unspecified atom stereocenters. The molecule has 1 aliphatic heterocycles. The summed E-state index contributed by atoms with van der Waals surface area (Å²) in [6.45, 7) is 6.31. The van der Waals surface area contributed by atoms with Gasteiger partial charge in [-0.25, -0.2) is 18.7 Å². The molecule has 1 aliphatic carbocycles. The topological polar surface area (TPSA) is 93.4 Å². The van der Waals surface area contributed by atoms with Crippen LogP contribution in [0.5, 0.6) is 5.75 Å². The van der Waals surface area contributed by atoms with Crippen molar-refractivity contribution in [2.45, 2.75) is 51.5 Å². The van der Waals surface area contributed by atoms with E-state index >= 15 is 0 Å². The number of benzene rings is 2. The van der Waals surface area contributed by atoms with E-state index in [1.54, 1.807) is 13.0 Å². The average Bonchev–Trinajstić information content (AvgIpc) is 3.70. The first kappa shape index (κ1) is 25.1. The van der Waals surface area contributed by atoms with Gasteiger partial charge in [0.25, 0.3) is 5.91 Å². The molecule has 9 heteroatoms. The first-order valence-electron chi connectivity index (χ1n) is 12.7. The lowest BCUT2D eigenvalue weighted by molar-refractivity contribution is 0.0512. The Morgan fingerprint density at radius 1 is 1.19 bits per heavy atom. The number of likely N-dealkylation sites (tertiary alicyclic amines) is 1. The molecule has 2 fully saturated rings. The molecule has 0 spiro atoms. The van der Waals surface area contributed by atoms with Crippen LogP contribution in [-0.4, -0.2) is 46.5 Å². The molecule has 2 heterocycles. The number of ether oxygens (including phenoxy) is 1. The Bertz CT molecular complexity index is 1330. The molecule has 2 aromatic carbocycles. The summed E-state index contributed by atoms with van der Waals surface area (Å²) in [6.07, 6.45) is 5.45. The van der Waals surface area contributed by atoms with Gasteiger partial charge in [0.05, 0.1) is 5.56 Å². The molecule has 37 heavy (non-hydrogen) atoms. The number of carbonyl (C=O) groups excluding carboxylic acids is 1. The van der Waals surface area contributed by atoms with E-state index in [9.17, 15) is 13.6 Å². The number of nitrogen functional groups attached to an aromatic ring is 1. The van der Waals surface area contributed by atoms with E-state index in [2.05, 4.69) is 27.1 Å². The Labute approximate surface area is 215 Å². The third-order valence-corrected chi connectivity index (χ3v) is 7.19. The largest absolute Gasteiger partial charge is 0.486 e. The number of hydrogen-bond acceptors (Lipinski definition) is 6. The Kier molecular flexibility index (Phi) is 7.06. The number of rotatable bonds is 9. The predicted molar refractivity (Wildman–Crippen MR) is 139 cm³/mol. The maximum absolute atomic E-state index is 14.8. The van der Waals surface area contributed by atoms with Gasteiger partial charge in [-0.3, -0.25) is 9.69 Å². The van der Waals surface area contributed by atoms with Crippen molar-refractivity contribution in [1.82, 2.24) is 14.9 Å². The standard InChI is InChI=1S/C28H31F2N5O2/c1-3-9-35-10-8-20(35)14-37-26-25(32-15-33-27(26)31)22-12-19(29)13-24(16(22)2)34-28(36)21-7-6-18(11-23(21)30)17-4-5-17/h6-7,11-13,15,17,20H,3-5,8-10,14H2,1-2H3,(H,34,36)(H2,31,32,33)/t20-/m0/s1. The second kappa shape index (κ2) is 10.4. The lowest BCUT2D eigenvalue weighted by Crippen LogP contribution is -2.51. The smallest absolute Gasteiger partial charge is 0.258 e. The van der Waals surface area contributed by atoms with Crippen LogP contribution < -0.4 is 15.8 Å². The van der Waals surface area contributed by atoms with Gasteiger partial charge in [-0.2, -0.15) is 0 Å². The van der Waals surface area contributed by atoms with Crippen molar-refractivity contribution < 1.29 is 18.3 Å². The van der Waals surface area contributed by atoms with Crippen molar-refractivity contribution >= 4 is 17.4 Å². The van der Waals surface area contributed by atoms with Gasteiger partial charge in [-0.05, 0) is 80.5 Å². The molecule has 3 aromatic rings. The third kappa shape index (κ3) is 5.27. The second-order valence-corrected chi connectivity index (χ2v) is 9.82. The van der Waals surface area contributed by atoms with Gasteiger partial charge in [0.1, 0.15) is 30.3 Å². The summed E-state index contributed by atoms with van der Waals surface area (Å²) in [4.78, 5) is 23.7. The van der Waals surface area contributed by atoms with Crippen molar-refractivity contribution in [2.75, 3.05) is 30.7 Å². The van der Waals surface area contributed by atoms with Crippen molar-refractivity contribution in [3.05, 3.63) is 65.0 Å². The summed E-state index contributed by atoms with van der Waals surface area (Å²) in [6, 6.07) is 7.46. The third-order valence-electron chi connectivity index (χ3n) is 7.19. The lowest BCUT2D eigenvalue weighted by atomic mass is 10.0. The van der Waals surface area contributed by atoms with E-state index < -0.39 is 17.5 Å². The molecule has 2 aliphatic rings. The number of nitrogens with one attached hydrogen (secondary N) is 1. The number of halogens is 2. The quantitative estimate of drug-likeness (QED) is 0.408. The van der Waals surface area contributed by atoms with Crippen LogP contribution in [0.15, 0.2) is 36.7 Å². The number of anilines is 2. The Balaban J connectivity index is 1.40. The summed E-state index contributed by atoms with van der Waals surface area (Å²) in [5.41, 5.74) is 8.44. The first-order valence-corrected chi connectivity index (χ1v) is 12.7. The van der Waals surface area contributed by atoms with E-state index in [4.69, 9.17) is 10.5 Å². The van der Waals surface area contributed by atoms with Crippen LogP contribution in [0.2, 0.25) is 0 Å². The van der Waals surface area contributed by atoms with Gasteiger partial charge in [-0.15, -0.1) is 0 Å². The predicted octanol–water partition coefficient (Wildman–Crippen LogP) is 5.31. The zero-order valence-corrected chi connectivity index (χ0v) is 21.1. The van der Waals surface area contributed by atoms with Gasteiger partial charge in [0.2, 0.25) is 0 Å². The average molecular weight is 508 g/mol. The van der Waals surface area contributed by atoms with E-state index in [0.717, 1.165) is 44.3 Å². The van der Waals surface area contributed by atoms with E-state index in [0.29, 0.717) is 29.3 Å². The fraction of sp³-hybridized carbons (Fsp3) is 0.393. The molecule has 0 radical (unpaired) electrons. The number of hydrogen-bond donors (Lipinski definition) is 2. The SMILES string of the molecule is CCCN1CC[C@H]1COc1c(N)ncnc1-c1cc(F)cc(NC(=O)c2ccc(C3CC3)cc2F)c1C. The van der Waals surface area contributed by atoms with Crippen LogP contribution in [0.3, 0.4) is 0 Å². The van der Waals surface area contributed by atoms with E-state index in [1.165, 1.54) is 30.6 Å². The Morgan fingerprint density at radius 3 is 2.68 bits per heavy atom. The molecular formula is C28H31F2N5O2. The van der Waals surface area contributed by atoms with Crippen LogP contribution in [-0.2, 0) is 0 Å². The van der Waals surface area contributed by atoms with Crippen LogP contribution in [0.25, 0.3) is 11.3 Å². The molecule has 5 rings (SSSR count). The van der Waals surface area contributed by atoms with E-state index in [1.807, 2.05) is 0 Å². The van der Waals surface area contributed by atoms with Crippen molar-refractivity contribution in [3.8, 4) is 17.0 Å². The highest BCUT2D eigenvalue weighted by molar-refractivity contribution is 6.05. The zero-order valence-electron chi connectivity index (χ0n) is 21.1. The van der Waals surface area contributed by atoms with Gasteiger partial charge < -0.3 is 15.8 Å². The van der Waals surface area contributed by atoms with Crippen molar-refractivity contribution in [3.63, 3.8) is 0 Å². The summed E-state index contributed by atoms with van der Waals surface area (Å²) >= 11 is 0. The second-order valence-electron chi connectivity index (χ2n) is 9.82. The molecule has 1 atom stereocenters. The fourth-order valence-electron chi connectivity index (χ4n) is 4.80. The van der Waals surface area contributed by atoms with Crippen LogP contribution >= 0.6 is 0 Å². The molecule has 0 bridgehead atoms. The molecule has 7 nitrogen and oxygen atoms in total. The fourth-order valence-corrected chi connectivity index (χ4v) is 4.80. The molecule has 3 N–H and O–H groups in total. The number of nitrogens with zero attached hydrogens (tertiary/aromatic N) is 3. The minimum atomic E-state index is -0.654. The summed E-state index contributed by atoms with van der Waals surface area (Å²) in [5.74, 6) is -1.04. The van der Waals surface area contributed by atoms with Gasteiger partial charge in [0, 0.05) is 23.8 Å². The summed E-state index contributed by atoms with van der Waals surface area (Å²) in [5, 5.41) is 2.66. The number of carbonyl (C=O) groups is 1. The van der Waals surface area contributed by atoms with Gasteiger partial charge in [-0.1, -0.05) is 13.0 Å². The van der Waals surface area contributed by atoms with Gasteiger partial charge >= 0.3 is 0 Å². The van der Waals surface area contributed by atoms with Gasteiger partial charge in [0.15, 0.2) is 11.6 Å². The molecular weight excluding hydrogens is 476 g/mol. The summed E-state index contributed by atoms with van der Waals surface area (Å²) < 4.78 is 35.5. The normalized spacial score (nSPS) is 17.4. The highest BCUT2D eigenvalue weighted by Crippen LogP contribution is 2.41. The number of aromatic nitrogens is 2. The number of amides is 1. The van der Waals surface area contributed by atoms with Crippen LogP contribution in [0, 0.1) is 18.6 Å². The van der Waals surface area contributed by atoms with Crippen LogP contribution in [0.1, 0.15) is 60.0 Å². The van der Waals surface area contributed by atoms with E-state index in [-0.39, 0.29) is 28.9 Å². The minimum Gasteiger partial charge on any atom is -0.486 e. The first-order chi connectivity index (χ1) is 17.9. The maximum Gasteiger partial charge on any atom is 0.258 e. The molecule has 1 saturated heterocycles. The maximum atomic E-state index is 14.8. The van der Waals surface area contributed by atoms with Crippen molar-refractivity contribution in [1.29, 1.82) is 0 Å². The molecule has 1 aromatic heterocycles. The highest BCUT2D eigenvalue weighted by atomic mass is 19.1. The lowest BCUT2D eigenvalue weighted by Gasteiger charge is -2.40. The monoisotopic (exact) mass is 507 g/mol. The van der Waals surface area contributed by atoms with Crippen LogP contribution in [0.4, 0.5) is 20.3 Å². The molecule has 1 saturated carbocycles. The Hall–Kier alpha value is -3.59. The summed E-state index contributed by atoms with van der Waals surface area (Å²) in [7, 11) is 0. The molecule has 194 valence electrons. The highest BCUT2D eigenvalue weighted by Gasteiger charge is 2.29. The Morgan fingerprint density at radius 2 is 2.00 bits per heavy atom. The molecule has 1 amide bonds. The number of nitrogens with two attached hydrogens (primary N) is 1.